The minimum atomic E-state index is -0.470. The van der Waals surface area contributed by atoms with E-state index in [9.17, 15) is 4.79 Å². The fraction of sp³-hybridized carbons (Fsp3) is 0.316. The molecule has 122 valence electrons. The second kappa shape index (κ2) is 4.74. The lowest BCUT2D eigenvalue weighted by atomic mass is 9.86. The maximum Gasteiger partial charge on any atom is 0.329 e. The first-order chi connectivity index (χ1) is 11.3. The van der Waals surface area contributed by atoms with E-state index in [1.165, 1.54) is 0 Å². The van der Waals surface area contributed by atoms with Crippen molar-refractivity contribution in [1.82, 2.24) is 19.5 Å². The number of nitrogens with zero attached hydrogens (tertiary/aromatic N) is 4. The molecule has 0 spiro atoms. The van der Waals surface area contributed by atoms with Gasteiger partial charge in [-0.1, -0.05) is 29.5 Å². The molecule has 0 bridgehead atoms. The molecular formula is C19H21N4O+. The SMILES string of the molecule is Cn1nnc2cc(C[N+]3(C)C(=O)C(C)(C)c4ccccc43)ccc21. The molecule has 1 aliphatic heterocycles. The summed E-state index contributed by atoms with van der Waals surface area (Å²) >= 11 is 0. The molecule has 1 unspecified atom stereocenters. The van der Waals surface area contributed by atoms with Gasteiger partial charge in [0.05, 0.1) is 12.6 Å². The Labute approximate surface area is 141 Å². The second-order valence-electron chi connectivity index (χ2n) is 7.33. The Morgan fingerprint density at radius 2 is 1.92 bits per heavy atom. The van der Waals surface area contributed by atoms with Gasteiger partial charge in [0.25, 0.3) is 0 Å². The first kappa shape index (κ1) is 15.0. The third kappa shape index (κ3) is 1.88. The van der Waals surface area contributed by atoms with E-state index in [0.717, 1.165) is 27.8 Å². The number of amides is 1. The summed E-state index contributed by atoms with van der Waals surface area (Å²) in [5, 5.41) is 8.24. The van der Waals surface area contributed by atoms with Crippen molar-refractivity contribution >= 4 is 22.6 Å². The van der Waals surface area contributed by atoms with Crippen LogP contribution in [0.2, 0.25) is 0 Å². The monoisotopic (exact) mass is 321 g/mol. The largest absolute Gasteiger partial charge is 0.329 e. The standard InChI is InChI=1S/C19H21N4O/c1-19(2)14-7-5-6-8-17(14)23(4,18(19)24)12-13-9-10-16-15(11-13)20-21-22(16)3/h5-11H,12H2,1-4H3/q+1. The fourth-order valence-corrected chi connectivity index (χ4v) is 3.98. The van der Waals surface area contributed by atoms with Gasteiger partial charge in [-0.25, -0.2) is 14.0 Å². The smallest absolute Gasteiger partial charge is 0.248 e. The van der Waals surface area contributed by atoms with Crippen LogP contribution < -0.4 is 4.48 Å². The number of likely N-dealkylation sites (N-methyl/N-ethyl adjacent to an activating group) is 1. The first-order valence-corrected chi connectivity index (χ1v) is 8.13. The number of aryl methyl sites for hydroxylation is 1. The lowest BCUT2D eigenvalue weighted by Crippen LogP contribution is -2.51. The molecule has 0 N–H and O–H groups in total. The average molecular weight is 321 g/mol. The zero-order chi connectivity index (χ0) is 17.1. The van der Waals surface area contributed by atoms with E-state index in [2.05, 4.69) is 28.5 Å². The van der Waals surface area contributed by atoms with Crippen LogP contribution in [0.1, 0.15) is 25.0 Å². The third-order valence-electron chi connectivity index (χ3n) is 5.27. The number of hydrogen-bond donors (Lipinski definition) is 0. The van der Waals surface area contributed by atoms with Crippen LogP contribution in [0, 0.1) is 0 Å². The summed E-state index contributed by atoms with van der Waals surface area (Å²) < 4.78 is 2.05. The van der Waals surface area contributed by atoms with Gasteiger partial charge in [-0.2, -0.15) is 0 Å². The van der Waals surface area contributed by atoms with Gasteiger partial charge in [-0.15, -0.1) is 5.10 Å². The van der Waals surface area contributed by atoms with Gasteiger partial charge in [-0.3, -0.25) is 0 Å². The van der Waals surface area contributed by atoms with Crippen LogP contribution in [0.3, 0.4) is 0 Å². The van der Waals surface area contributed by atoms with Crippen LogP contribution in [-0.2, 0) is 23.8 Å². The van der Waals surface area contributed by atoms with Crippen LogP contribution in [0.5, 0.6) is 0 Å². The van der Waals surface area contributed by atoms with Crippen molar-refractivity contribution in [2.45, 2.75) is 25.8 Å². The van der Waals surface area contributed by atoms with E-state index in [1.807, 2.05) is 52.2 Å². The van der Waals surface area contributed by atoms with E-state index < -0.39 is 5.41 Å². The Kier molecular flexibility index (Phi) is 2.97. The van der Waals surface area contributed by atoms with Gasteiger partial charge >= 0.3 is 5.91 Å². The van der Waals surface area contributed by atoms with E-state index in [-0.39, 0.29) is 10.4 Å². The van der Waals surface area contributed by atoms with Crippen LogP contribution >= 0.6 is 0 Å². The quantitative estimate of drug-likeness (QED) is 0.682. The van der Waals surface area contributed by atoms with Gasteiger partial charge in [0.15, 0.2) is 0 Å². The molecule has 0 radical (unpaired) electrons. The lowest BCUT2D eigenvalue weighted by molar-refractivity contribution is -0.132. The zero-order valence-corrected chi connectivity index (χ0v) is 14.4. The molecule has 0 saturated heterocycles. The van der Waals surface area contributed by atoms with Gasteiger partial charge < -0.3 is 0 Å². The number of para-hydroxylation sites is 1. The summed E-state index contributed by atoms with van der Waals surface area (Å²) in [6.45, 7) is 4.65. The van der Waals surface area contributed by atoms with Crippen molar-refractivity contribution in [3.8, 4) is 0 Å². The van der Waals surface area contributed by atoms with Crippen molar-refractivity contribution in [3.63, 3.8) is 0 Å². The maximum absolute atomic E-state index is 13.2. The van der Waals surface area contributed by atoms with Crippen molar-refractivity contribution in [1.29, 1.82) is 0 Å². The Hall–Kier alpha value is -2.53. The summed E-state index contributed by atoms with van der Waals surface area (Å²) in [6, 6.07) is 14.3. The normalized spacial score (nSPS) is 22.1. The summed E-state index contributed by atoms with van der Waals surface area (Å²) in [7, 11) is 3.89. The van der Waals surface area contributed by atoms with Crippen LogP contribution in [0.25, 0.3) is 11.0 Å². The van der Waals surface area contributed by atoms with Gasteiger partial charge in [0.2, 0.25) is 0 Å². The highest BCUT2D eigenvalue weighted by Crippen LogP contribution is 2.46. The van der Waals surface area contributed by atoms with Crippen LogP contribution in [0.4, 0.5) is 5.69 Å². The number of aromatic nitrogens is 3. The van der Waals surface area contributed by atoms with Crippen LogP contribution in [0.15, 0.2) is 42.5 Å². The number of carbonyl (C=O) groups is 1. The molecule has 1 aliphatic rings. The molecule has 0 fully saturated rings. The van der Waals surface area contributed by atoms with Gasteiger partial charge in [0, 0.05) is 18.2 Å². The van der Waals surface area contributed by atoms with E-state index in [4.69, 9.17) is 0 Å². The fourth-order valence-electron chi connectivity index (χ4n) is 3.98. The minimum Gasteiger partial charge on any atom is -0.248 e. The summed E-state index contributed by atoms with van der Waals surface area (Å²) in [5.74, 6) is 0.225. The Bertz CT molecular complexity index is 972. The highest BCUT2D eigenvalue weighted by molar-refractivity contribution is 6.03. The molecule has 0 aliphatic carbocycles. The molecule has 2 aromatic carbocycles. The molecule has 2 heterocycles. The van der Waals surface area contributed by atoms with Crippen LogP contribution in [-0.4, -0.2) is 27.9 Å². The highest BCUT2D eigenvalue weighted by Gasteiger charge is 2.55. The number of quaternary nitrogens is 1. The molecule has 1 aromatic heterocycles. The number of hydrogen-bond acceptors (Lipinski definition) is 3. The Morgan fingerprint density at radius 1 is 1.17 bits per heavy atom. The number of rotatable bonds is 2. The lowest BCUT2D eigenvalue weighted by Gasteiger charge is -2.28. The number of fused-ring (bicyclic) bond motifs is 2. The topological polar surface area (TPSA) is 47.8 Å². The van der Waals surface area contributed by atoms with Crippen molar-refractivity contribution in [2.75, 3.05) is 7.05 Å². The molecule has 24 heavy (non-hydrogen) atoms. The average Bonchev–Trinajstić information content (AvgIpc) is 3.00. The number of carbonyl (C=O) groups excluding carboxylic acids is 1. The first-order valence-electron chi connectivity index (χ1n) is 8.13. The second-order valence-corrected chi connectivity index (χ2v) is 7.33. The zero-order valence-electron chi connectivity index (χ0n) is 14.4. The molecule has 1 amide bonds. The summed E-state index contributed by atoms with van der Waals surface area (Å²) in [6.07, 6.45) is 0. The molecule has 4 rings (SSSR count). The third-order valence-corrected chi connectivity index (χ3v) is 5.27. The van der Waals surface area contributed by atoms with E-state index in [1.54, 1.807) is 4.68 Å². The predicted molar refractivity (Wildman–Crippen MR) is 94.4 cm³/mol. The maximum atomic E-state index is 13.2. The van der Waals surface area contributed by atoms with Gasteiger partial charge in [0.1, 0.15) is 23.2 Å². The van der Waals surface area contributed by atoms with Crippen molar-refractivity contribution < 1.29 is 4.79 Å². The molecular weight excluding hydrogens is 300 g/mol. The number of benzene rings is 2. The molecule has 5 heteroatoms. The van der Waals surface area contributed by atoms with Gasteiger partial charge in [-0.05, 0) is 32.0 Å². The highest BCUT2D eigenvalue weighted by atomic mass is 16.2. The summed E-state index contributed by atoms with van der Waals surface area (Å²) in [4.78, 5) is 13.2. The Balaban J connectivity index is 1.81. The molecule has 0 saturated carbocycles. The molecule has 3 aromatic rings. The van der Waals surface area contributed by atoms with E-state index >= 15 is 0 Å². The molecule has 1 atom stereocenters. The molecule has 5 nitrogen and oxygen atoms in total. The summed E-state index contributed by atoms with van der Waals surface area (Å²) in [5.41, 5.74) is 4.69. The minimum absolute atomic E-state index is 0.225. The van der Waals surface area contributed by atoms with Crippen molar-refractivity contribution in [2.24, 2.45) is 7.05 Å². The predicted octanol–water partition coefficient (Wildman–Crippen LogP) is 2.92. The Morgan fingerprint density at radius 3 is 2.71 bits per heavy atom. The van der Waals surface area contributed by atoms with Crippen molar-refractivity contribution in [3.05, 3.63) is 53.6 Å². The van der Waals surface area contributed by atoms with E-state index in [0.29, 0.717) is 6.54 Å².